The molecule has 1 aromatic carbocycles. The topological polar surface area (TPSA) is 45.7 Å². The van der Waals surface area contributed by atoms with Crippen molar-refractivity contribution in [3.05, 3.63) is 58.7 Å². The summed E-state index contributed by atoms with van der Waals surface area (Å²) >= 11 is 3.38. The van der Waals surface area contributed by atoms with Crippen molar-refractivity contribution in [2.75, 3.05) is 31.1 Å². The Kier molecular flexibility index (Phi) is 6.77. The third-order valence-corrected chi connectivity index (χ3v) is 4.95. The number of amides is 1. The van der Waals surface area contributed by atoms with E-state index in [1.807, 2.05) is 25.1 Å². The van der Waals surface area contributed by atoms with Gasteiger partial charge in [-0.3, -0.25) is 14.6 Å². The van der Waals surface area contributed by atoms with Crippen molar-refractivity contribution in [3.63, 3.8) is 0 Å². The summed E-state index contributed by atoms with van der Waals surface area (Å²) in [5.74, 6) is 0.728. The molecule has 1 aromatic heterocycles. The Labute approximate surface area is 163 Å². The van der Waals surface area contributed by atoms with Crippen molar-refractivity contribution in [2.24, 2.45) is 0 Å². The number of aromatic nitrogens is 1. The van der Waals surface area contributed by atoms with Gasteiger partial charge in [0.15, 0.2) is 0 Å². The quantitative estimate of drug-likeness (QED) is 0.721. The molecule has 5 nitrogen and oxygen atoms in total. The van der Waals surface area contributed by atoms with Crippen LogP contribution < -0.4 is 4.90 Å². The Morgan fingerprint density at radius 2 is 2.12 bits per heavy atom. The van der Waals surface area contributed by atoms with Gasteiger partial charge in [-0.1, -0.05) is 30.3 Å². The highest BCUT2D eigenvalue weighted by Crippen LogP contribution is 2.18. The van der Waals surface area contributed by atoms with E-state index in [2.05, 4.69) is 50.1 Å². The molecule has 2 heterocycles. The summed E-state index contributed by atoms with van der Waals surface area (Å²) in [5, 5.41) is 0. The number of morpholine rings is 1. The molecule has 138 valence electrons. The molecule has 0 spiro atoms. The predicted molar refractivity (Wildman–Crippen MR) is 106 cm³/mol. The summed E-state index contributed by atoms with van der Waals surface area (Å²) in [7, 11) is 0. The number of hydrogen-bond acceptors (Lipinski definition) is 4. The molecule has 0 N–H and O–H groups in total. The molecular formula is C20H24BrN3O2. The third-order valence-electron chi connectivity index (χ3n) is 4.48. The molecule has 3 rings (SSSR count). The second-order valence-corrected chi connectivity index (χ2v) is 7.31. The maximum Gasteiger partial charge on any atom is 0.230 e. The second-order valence-electron chi connectivity index (χ2n) is 6.39. The van der Waals surface area contributed by atoms with E-state index in [0.717, 1.165) is 24.1 Å². The van der Waals surface area contributed by atoms with E-state index in [1.165, 1.54) is 5.56 Å². The summed E-state index contributed by atoms with van der Waals surface area (Å²) in [6.07, 6.45) is 2.00. The molecular weight excluding hydrogens is 394 g/mol. The lowest BCUT2D eigenvalue weighted by Crippen LogP contribution is -2.44. The molecule has 1 unspecified atom stereocenters. The molecule has 26 heavy (non-hydrogen) atoms. The normalized spacial score (nSPS) is 17.8. The zero-order valence-electron chi connectivity index (χ0n) is 15.0. The standard InChI is InChI=1S/C20H24BrN3O2/c1-2-24(19-9-8-17(21)13-22-19)20(25)12-18-15-23(10-11-26-18)14-16-6-4-3-5-7-16/h3-9,13,18H,2,10-12,14-15H2,1H3. The molecule has 1 amide bonds. The molecule has 0 radical (unpaired) electrons. The maximum absolute atomic E-state index is 12.8. The highest BCUT2D eigenvalue weighted by Gasteiger charge is 2.25. The van der Waals surface area contributed by atoms with E-state index in [4.69, 9.17) is 4.74 Å². The van der Waals surface area contributed by atoms with Gasteiger partial charge in [-0.05, 0) is 40.5 Å². The van der Waals surface area contributed by atoms with E-state index in [-0.39, 0.29) is 12.0 Å². The van der Waals surface area contributed by atoms with Crippen LogP contribution in [0.25, 0.3) is 0 Å². The van der Waals surface area contributed by atoms with Crippen LogP contribution >= 0.6 is 15.9 Å². The predicted octanol–water partition coefficient (Wildman–Crippen LogP) is 3.49. The van der Waals surface area contributed by atoms with E-state index in [1.54, 1.807) is 11.1 Å². The van der Waals surface area contributed by atoms with E-state index < -0.39 is 0 Å². The summed E-state index contributed by atoms with van der Waals surface area (Å²) < 4.78 is 6.75. The van der Waals surface area contributed by atoms with Gasteiger partial charge in [0.25, 0.3) is 0 Å². The van der Waals surface area contributed by atoms with Crippen LogP contribution in [0.2, 0.25) is 0 Å². The Morgan fingerprint density at radius 3 is 2.81 bits per heavy atom. The maximum atomic E-state index is 12.8. The summed E-state index contributed by atoms with van der Waals surface area (Å²) in [6.45, 7) is 5.77. The molecule has 0 saturated carbocycles. The van der Waals surface area contributed by atoms with E-state index in [9.17, 15) is 4.79 Å². The number of anilines is 1. The summed E-state index contributed by atoms with van der Waals surface area (Å²) in [5.41, 5.74) is 1.29. The molecule has 1 fully saturated rings. The van der Waals surface area contributed by atoms with Crippen LogP contribution in [0.5, 0.6) is 0 Å². The van der Waals surface area contributed by atoms with Crippen LogP contribution in [0.4, 0.5) is 5.82 Å². The molecule has 2 aromatic rings. The number of rotatable bonds is 6. The molecule has 1 aliphatic heterocycles. The lowest BCUT2D eigenvalue weighted by atomic mass is 10.1. The fourth-order valence-electron chi connectivity index (χ4n) is 3.19. The SMILES string of the molecule is CCN(C(=O)CC1CN(Cc2ccccc2)CCO1)c1ccc(Br)cn1. The van der Waals surface area contributed by atoms with Crippen molar-refractivity contribution in [1.82, 2.24) is 9.88 Å². The summed E-state index contributed by atoms with van der Waals surface area (Å²) in [6, 6.07) is 14.2. The number of hydrogen-bond donors (Lipinski definition) is 0. The third kappa shape index (κ3) is 5.13. The Balaban J connectivity index is 1.58. The Morgan fingerprint density at radius 1 is 1.31 bits per heavy atom. The molecule has 1 aliphatic rings. The highest BCUT2D eigenvalue weighted by atomic mass is 79.9. The van der Waals surface area contributed by atoms with Crippen molar-refractivity contribution in [1.29, 1.82) is 0 Å². The summed E-state index contributed by atoms with van der Waals surface area (Å²) in [4.78, 5) is 21.2. The smallest absolute Gasteiger partial charge is 0.230 e. The number of pyridine rings is 1. The van der Waals surface area contributed by atoms with Gasteiger partial charge in [0.2, 0.25) is 5.91 Å². The van der Waals surface area contributed by atoms with Crippen LogP contribution in [0, 0.1) is 0 Å². The van der Waals surface area contributed by atoms with Crippen molar-refractivity contribution in [3.8, 4) is 0 Å². The minimum absolute atomic E-state index is 0.0499. The Bertz CT molecular complexity index is 709. The number of benzene rings is 1. The molecule has 1 atom stereocenters. The van der Waals surface area contributed by atoms with Gasteiger partial charge in [-0.2, -0.15) is 0 Å². The minimum Gasteiger partial charge on any atom is -0.375 e. The number of nitrogens with zero attached hydrogens (tertiary/aromatic N) is 3. The van der Waals surface area contributed by atoms with E-state index in [0.29, 0.717) is 25.4 Å². The van der Waals surface area contributed by atoms with Gasteiger partial charge in [0, 0.05) is 36.8 Å². The van der Waals surface area contributed by atoms with Gasteiger partial charge >= 0.3 is 0 Å². The lowest BCUT2D eigenvalue weighted by molar-refractivity contribution is -0.123. The zero-order chi connectivity index (χ0) is 18.4. The number of ether oxygens (including phenoxy) is 1. The highest BCUT2D eigenvalue weighted by molar-refractivity contribution is 9.10. The molecule has 6 heteroatoms. The molecule has 0 bridgehead atoms. The first-order valence-electron chi connectivity index (χ1n) is 8.95. The monoisotopic (exact) mass is 417 g/mol. The van der Waals surface area contributed by atoms with Gasteiger partial charge in [0.1, 0.15) is 5.82 Å². The first-order chi connectivity index (χ1) is 12.7. The fourth-order valence-corrected chi connectivity index (χ4v) is 3.42. The fraction of sp³-hybridized carbons (Fsp3) is 0.400. The van der Waals surface area contributed by atoms with Crippen LogP contribution in [-0.4, -0.2) is 48.1 Å². The van der Waals surface area contributed by atoms with Crippen molar-refractivity contribution in [2.45, 2.75) is 26.0 Å². The lowest BCUT2D eigenvalue weighted by Gasteiger charge is -2.33. The van der Waals surface area contributed by atoms with Gasteiger partial charge in [-0.25, -0.2) is 4.98 Å². The van der Waals surface area contributed by atoms with Gasteiger partial charge in [-0.15, -0.1) is 0 Å². The van der Waals surface area contributed by atoms with Crippen LogP contribution in [0.1, 0.15) is 18.9 Å². The van der Waals surface area contributed by atoms with Crippen LogP contribution in [0.3, 0.4) is 0 Å². The molecule has 0 aliphatic carbocycles. The first-order valence-corrected chi connectivity index (χ1v) is 9.75. The largest absolute Gasteiger partial charge is 0.375 e. The van der Waals surface area contributed by atoms with Gasteiger partial charge in [0.05, 0.1) is 19.1 Å². The minimum atomic E-state index is -0.0792. The van der Waals surface area contributed by atoms with Gasteiger partial charge < -0.3 is 4.74 Å². The van der Waals surface area contributed by atoms with E-state index >= 15 is 0 Å². The van der Waals surface area contributed by atoms with Crippen molar-refractivity contribution >= 4 is 27.7 Å². The van der Waals surface area contributed by atoms with Crippen LogP contribution in [0.15, 0.2) is 53.1 Å². The number of carbonyl (C=O) groups is 1. The number of carbonyl (C=O) groups excluding carboxylic acids is 1. The molecule has 1 saturated heterocycles. The number of halogens is 1. The Hall–Kier alpha value is -1.76. The zero-order valence-corrected chi connectivity index (χ0v) is 16.6. The first kappa shape index (κ1) is 19.0. The second kappa shape index (κ2) is 9.26. The van der Waals surface area contributed by atoms with Crippen LogP contribution in [-0.2, 0) is 16.1 Å². The average molecular weight is 418 g/mol. The average Bonchev–Trinajstić information content (AvgIpc) is 2.65. The van der Waals surface area contributed by atoms with Crippen molar-refractivity contribution < 1.29 is 9.53 Å².